The normalized spacial score (nSPS) is 21.6. The number of pyridine rings is 1. The molecule has 3 N–H and O–H groups in total. The Kier molecular flexibility index (Phi) is 6.45. The third kappa shape index (κ3) is 4.37. The van der Waals surface area contributed by atoms with Gasteiger partial charge in [-0.2, -0.15) is 4.39 Å². The Balaban J connectivity index is 1.43. The fraction of sp³-hybridized carbons (Fsp3) is 0.357. The molecule has 3 aromatic rings. The van der Waals surface area contributed by atoms with Crippen molar-refractivity contribution >= 4 is 17.4 Å². The van der Waals surface area contributed by atoms with Gasteiger partial charge in [0.1, 0.15) is 11.6 Å². The van der Waals surface area contributed by atoms with Crippen molar-refractivity contribution in [3.05, 3.63) is 65.4 Å². The van der Waals surface area contributed by atoms with Gasteiger partial charge >= 0.3 is 0 Å². The molecule has 2 atom stereocenters. The maximum Gasteiger partial charge on any atom is 0.251 e. The number of anilines is 2. The van der Waals surface area contributed by atoms with Gasteiger partial charge in [-0.15, -0.1) is 0 Å². The quantitative estimate of drug-likeness (QED) is 0.496. The molecule has 38 heavy (non-hydrogen) atoms. The van der Waals surface area contributed by atoms with Crippen molar-refractivity contribution in [1.29, 1.82) is 0 Å². The number of carbonyl (C=O) groups is 1. The van der Waals surface area contributed by atoms with Crippen LogP contribution in [0.3, 0.4) is 0 Å². The molecule has 3 aliphatic heterocycles. The molecular formula is C28H28F3N5O2. The Hall–Kier alpha value is -3.63. The van der Waals surface area contributed by atoms with E-state index in [1.165, 1.54) is 12.1 Å². The van der Waals surface area contributed by atoms with Crippen LogP contribution in [0.25, 0.3) is 22.3 Å². The van der Waals surface area contributed by atoms with Gasteiger partial charge in [-0.3, -0.25) is 4.79 Å². The van der Waals surface area contributed by atoms with Crippen LogP contribution in [0.5, 0.6) is 0 Å². The van der Waals surface area contributed by atoms with E-state index < -0.39 is 24.2 Å². The Labute approximate surface area is 218 Å². The standard InChI is InChI=1S/C28H28F3N5O2/c29-22-14-18-16(6-7-33-28(18)37)12-19(22)21-13-20(25(30)34-27(21)32)17-4-1-2-5-23(17)36-10-11-38-26(31)24(36)15-35-8-3-9-35/h1-2,4-5,12-14,24,26H,3,6-11,15H2,(H2,32,34)(H,33,37). The van der Waals surface area contributed by atoms with Crippen molar-refractivity contribution in [3.63, 3.8) is 0 Å². The Morgan fingerprint density at radius 3 is 2.63 bits per heavy atom. The Morgan fingerprint density at radius 2 is 1.84 bits per heavy atom. The van der Waals surface area contributed by atoms with Gasteiger partial charge in [-0.1, -0.05) is 18.2 Å². The minimum Gasteiger partial charge on any atom is -0.383 e. The van der Waals surface area contributed by atoms with Crippen molar-refractivity contribution in [2.75, 3.05) is 50.0 Å². The van der Waals surface area contributed by atoms with E-state index in [2.05, 4.69) is 15.2 Å². The van der Waals surface area contributed by atoms with Crippen LogP contribution in [0.2, 0.25) is 0 Å². The lowest BCUT2D eigenvalue weighted by atomic mass is 9.93. The topological polar surface area (TPSA) is 83.7 Å². The zero-order valence-corrected chi connectivity index (χ0v) is 20.7. The SMILES string of the molecule is Nc1nc(F)c(-c2ccccc2N2CCOC(F)C2CN2CCC2)cc1-c1cc2c(cc1F)C(=O)NCC2. The van der Waals surface area contributed by atoms with Crippen molar-refractivity contribution in [2.45, 2.75) is 25.2 Å². The number of nitrogens with two attached hydrogens (primary N) is 1. The average Bonchev–Trinajstić information content (AvgIpc) is 2.87. The first-order valence-electron chi connectivity index (χ1n) is 12.8. The molecule has 2 fully saturated rings. The molecule has 2 unspecified atom stereocenters. The van der Waals surface area contributed by atoms with E-state index in [-0.39, 0.29) is 40.6 Å². The summed E-state index contributed by atoms with van der Waals surface area (Å²) < 4.78 is 51.0. The zero-order valence-electron chi connectivity index (χ0n) is 20.7. The molecule has 1 amide bonds. The number of likely N-dealkylation sites (tertiary alicyclic amines) is 1. The first-order valence-corrected chi connectivity index (χ1v) is 12.8. The lowest BCUT2D eigenvalue weighted by Gasteiger charge is -2.44. The van der Waals surface area contributed by atoms with Gasteiger partial charge in [0.15, 0.2) is 0 Å². The number of amides is 1. The zero-order chi connectivity index (χ0) is 26.4. The summed E-state index contributed by atoms with van der Waals surface area (Å²) in [5.74, 6) is -1.95. The summed E-state index contributed by atoms with van der Waals surface area (Å²) in [4.78, 5) is 20.2. The van der Waals surface area contributed by atoms with E-state index in [1.54, 1.807) is 18.2 Å². The number of fused-ring (bicyclic) bond motifs is 1. The maximum atomic E-state index is 15.4. The van der Waals surface area contributed by atoms with Gasteiger partial charge in [0.05, 0.1) is 12.6 Å². The highest BCUT2D eigenvalue weighted by molar-refractivity contribution is 5.97. The number of nitrogens with zero attached hydrogens (tertiary/aromatic N) is 3. The average molecular weight is 524 g/mol. The van der Waals surface area contributed by atoms with Crippen molar-refractivity contribution in [1.82, 2.24) is 15.2 Å². The van der Waals surface area contributed by atoms with E-state index in [0.717, 1.165) is 19.5 Å². The number of nitrogens with one attached hydrogen (secondary N) is 1. The number of halogens is 3. The van der Waals surface area contributed by atoms with E-state index in [4.69, 9.17) is 10.5 Å². The minimum atomic E-state index is -1.48. The summed E-state index contributed by atoms with van der Waals surface area (Å²) in [5.41, 5.74) is 8.70. The molecule has 6 rings (SSSR count). The van der Waals surface area contributed by atoms with Crippen LogP contribution >= 0.6 is 0 Å². The lowest BCUT2D eigenvalue weighted by molar-refractivity contribution is -0.0819. The number of aromatic nitrogens is 1. The third-order valence-electron chi connectivity index (χ3n) is 7.62. The number of hydrogen-bond acceptors (Lipinski definition) is 6. The molecule has 0 radical (unpaired) electrons. The molecule has 0 aliphatic carbocycles. The van der Waals surface area contributed by atoms with Crippen LogP contribution in [-0.4, -0.2) is 67.5 Å². The van der Waals surface area contributed by atoms with E-state index in [1.807, 2.05) is 17.0 Å². The fourth-order valence-electron chi connectivity index (χ4n) is 5.50. The van der Waals surface area contributed by atoms with Crippen LogP contribution < -0.4 is 16.0 Å². The number of benzene rings is 2. The fourth-order valence-corrected chi connectivity index (χ4v) is 5.50. The van der Waals surface area contributed by atoms with Gasteiger partial charge in [0.2, 0.25) is 12.3 Å². The second-order valence-corrected chi connectivity index (χ2v) is 9.91. The predicted octanol–water partition coefficient (Wildman–Crippen LogP) is 3.77. The number of ether oxygens (including phenoxy) is 1. The van der Waals surface area contributed by atoms with Crippen LogP contribution in [0.1, 0.15) is 22.3 Å². The molecule has 3 aliphatic rings. The largest absolute Gasteiger partial charge is 0.383 e. The van der Waals surface area contributed by atoms with Crippen molar-refractivity contribution < 1.29 is 22.7 Å². The highest BCUT2D eigenvalue weighted by Gasteiger charge is 2.36. The molecule has 10 heteroatoms. The number of hydrogen-bond donors (Lipinski definition) is 2. The van der Waals surface area contributed by atoms with Gasteiger partial charge in [-0.05, 0) is 55.8 Å². The highest BCUT2D eigenvalue weighted by Crippen LogP contribution is 2.39. The first-order chi connectivity index (χ1) is 18.4. The summed E-state index contributed by atoms with van der Waals surface area (Å²) in [6.45, 7) is 3.40. The van der Waals surface area contributed by atoms with Crippen LogP contribution in [0.15, 0.2) is 42.5 Å². The number of carbonyl (C=O) groups excluding carboxylic acids is 1. The molecule has 7 nitrogen and oxygen atoms in total. The van der Waals surface area contributed by atoms with E-state index >= 15 is 13.2 Å². The van der Waals surface area contributed by atoms with E-state index in [0.29, 0.717) is 42.9 Å². The Bertz CT molecular complexity index is 1400. The number of para-hydroxylation sites is 1. The van der Waals surface area contributed by atoms with Gasteiger partial charge in [0, 0.05) is 53.1 Å². The monoisotopic (exact) mass is 523 g/mol. The molecule has 2 saturated heterocycles. The third-order valence-corrected chi connectivity index (χ3v) is 7.62. The molecule has 2 aromatic carbocycles. The van der Waals surface area contributed by atoms with E-state index in [9.17, 15) is 4.79 Å². The molecule has 4 heterocycles. The number of rotatable bonds is 5. The van der Waals surface area contributed by atoms with Crippen LogP contribution in [0.4, 0.5) is 24.7 Å². The summed E-state index contributed by atoms with van der Waals surface area (Å²) >= 11 is 0. The van der Waals surface area contributed by atoms with Gasteiger partial charge in [0.25, 0.3) is 5.91 Å². The van der Waals surface area contributed by atoms with Crippen molar-refractivity contribution in [2.24, 2.45) is 0 Å². The Morgan fingerprint density at radius 1 is 1.03 bits per heavy atom. The van der Waals surface area contributed by atoms with Crippen LogP contribution in [0, 0.1) is 11.8 Å². The van der Waals surface area contributed by atoms with Crippen molar-refractivity contribution in [3.8, 4) is 22.3 Å². The first kappa shape index (κ1) is 24.7. The number of nitrogen functional groups attached to an aromatic ring is 1. The molecule has 0 spiro atoms. The summed E-state index contributed by atoms with van der Waals surface area (Å²) in [5, 5.41) is 2.70. The van der Waals surface area contributed by atoms with Gasteiger partial charge < -0.3 is 25.6 Å². The lowest BCUT2D eigenvalue weighted by Crippen LogP contribution is -2.57. The number of alkyl halides is 1. The second-order valence-electron chi connectivity index (χ2n) is 9.91. The predicted molar refractivity (Wildman–Crippen MR) is 139 cm³/mol. The molecular weight excluding hydrogens is 495 g/mol. The molecule has 198 valence electrons. The molecule has 0 saturated carbocycles. The van der Waals surface area contributed by atoms with Gasteiger partial charge in [-0.25, -0.2) is 13.8 Å². The smallest absolute Gasteiger partial charge is 0.251 e. The summed E-state index contributed by atoms with van der Waals surface area (Å²) in [6, 6.07) is 10.9. The molecule has 1 aromatic heterocycles. The number of morpholine rings is 1. The summed E-state index contributed by atoms with van der Waals surface area (Å²) in [7, 11) is 0. The minimum absolute atomic E-state index is 0.129. The summed E-state index contributed by atoms with van der Waals surface area (Å²) in [6.07, 6.45) is 0.137. The second kappa shape index (κ2) is 9.92. The molecule has 0 bridgehead atoms. The highest BCUT2D eigenvalue weighted by atomic mass is 19.1. The van der Waals surface area contributed by atoms with Crippen LogP contribution in [-0.2, 0) is 11.2 Å². The maximum absolute atomic E-state index is 15.4.